The summed E-state index contributed by atoms with van der Waals surface area (Å²) in [6.07, 6.45) is 0.989. The van der Waals surface area contributed by atoms with Crippen molar-refractivity contribution in [2.75, 3.05) is 0 Å². The van der Waals surface area contributed by atoms with Crippen LogP contribution >= 0.6 is 0 Å². The molecule has 10 nitrogen and oxygen atoms in total. The molecule has 1 saturated heterocycles. The number of hydrogen-bond acceptors (Lipinski definition) is 6. The first-order valence-corrected chi connectivity index (χ1v) is 5.80. The van der Waals surface area contributed by atoms with E-state index in [0.29, 0.717) is 0 Å². The second kappa shape index (κ2) is 6.30. The zero-order valence-corrected chi connectivity index (χ0v) is 10.0. The monoisotopic (exact) mass is 288 g/mol. The van der Waals surface area contributed by atoms with Crippen LogP contribution in [0.25, 0.3) is 0 Å². The molecule has 1 aliphatic heterocycles. The number of hydrogen-bond donors (Lipinski definition) is 4. The number of rotatable bonds is 0. The van der Waals surface area contributed by atoms with Crippen LogP contribution < -0.4 is 21.9 Å². The maximum Gasteiger partial charge on any atom is 0.326 e. The van der Waals surface area contributed by atoms with Crippen LogP contribution in [0, 0.1) is 0 Å². The van der Waals surface area contributed by atoms with Crippen molar-refractivity contribution in [2.24, 2.45) is 0 Å². The molecule has 1 fully saturated rings. The van der Waals surface area contributed by atoms with E-state index in [1.807, 2.05) is 15.6 Å². The number of carbonyl (C=O) groups excluding carboxylic acids is 2. The Morgan fingerprint density at radius 2 is 1.74 bits per heavy atom. The van der Waals surface area contributed by atoms with Crippen molar-refractivity contribution in [3.8, 4) is 0 Å². The lowest BCUT2D eigenvalue weighted by molar-refractivity contribution is -0.119. The molecule has 1 aliphatic rings. The van der Waals surface area contributed by atoms with E-state index < -0.39 is 27.9 Å². The summed E-state index contributed by atoms with van der Waals surface area (Å²) in [5.41, 5.74) is -0.855. The summed E-state index contributed by atoms with van der Waals surface area (Å²) < 4.78 is 20.4. The van der Waals surface area contributed by atoms with Crippen LogP contribution in [0.3, 0.4) is 0 Å². The summed E-state index contributed by atoms with van der Waals surface area (Å²) in [7, 11) is -2.52. The van der Waals surface area contributed by atoms with E-state index in [1.165, 1.54) is 12.3 Å². The molecule has 0 saturated carbocycles. The van der Waals surface area contributed by atoms with Crippen LogP contribution in [-0.4, -0.2) is 35.3 Å². The Hall–Kier alpha value is -2.69. The number of urea groups is 1. The molecule has 0 spiro atoms. The standard InChI is InChI=1S/C4H4N2O4S.C4H4N2O2/c7-2-1-3(11(9)10)6-4(8)5-2;7-3-1-2-5-4(8)6-3/h1H2,(H2,5,6,7,8);1-2H,(H2,5,6,7,8). The Labute approximate surface area is 106 Å². The molecule has 102 valence electrons. The van der Waals surface area contributed by atoms with Crippen molar-refractivity contribution in [3.63, 3.8) is 0 Å². The highest BCUT2D eigenvalue weighted by Gasteiger charge is 2.20. The van der Waals surface area contributed by atoms with Gasteiger partial charge in [0.05, 0.1) is 6.42 Å². The summed E-state index contributed by atoms with van der Waals surface area (Å²) in [4.78, 5) is 45.3. The number of nitrogens with one attached hydrogen (secondary N) is 4. The van der Waals surface area contributed by atoms with E-state index in [9.17, 15) is 27.6 Å². The van der Waals surface area contributed by atoms with Gasteiger partial charge < -0.3 is 4.98 Å². The van der Waals surface area contributed by atoms with Gasteiger partial charge >= 0.3 is 11.7 Å². The molecule has 0 unspecified atom stereocenters. The largest absolute Gasteiger partial charge is 0.326 e. The molecule has 0 aromatic carbocycles. The van der Waals surface area contributed by atoms with Crippen molar-refractivity contribution >= 4 is 27.2 Å². The van der Waals surface area contributed by atoms with Gasteiger partial charge in [0.2, 0.25) is 16.2 Å². The van der Waals surface area contributed by atoms with Gasteiger partial charge in [-0.25, -0.2) is 9.59 Å². The van der Waals surface area contributed by atoms with Gasteiger partial charge in [-0.2, -0.15) is 8.42 Å². The minimum absolute atomic E-state index is 0.293. The van der Waals surface area contributed by atoms with Crippen LogP contribution in [0.2, 0.25) is 0 Å². The average molecular weight is 288 g/mol. The van der Waals surface area contributed by atoms with Gasteiger partial charge in [0.1, 0.15) is 0 Å². The maximum atomic E-state index is 10.5. The first-order chi connectivity index (χ1) is 8.88. The van der Waals surface area contributed by atoms with Crippen molar-refractivity contribution in [1.82, 2.24) is 20.6 Å². The quantitative estimate of drug-likeness (QED) is 0.380. The number of H-pyrrole nitrogens is 2. The summed E-state index contributed by atoms with van der Waals surface area (Å²) >= 11 is 0. The van der Waals surface area contributed by atoms with E-state index in [1.54, 1.807) is 0 Å². The predicted molar refractivity (Wildman–Crippen MR) is 62.9 cm³/mol. The summed E-state index contributed by atoms with van der Waals surface area (Å²) in [5, 5.41) is 3.86. The fraction of sp³-hybridized carbons (Fsp3) is 0.125. The Morgan fingerprint density at radius 3 is 2.16 bits per heavy atom. The van der Waals surface area contributed by atoms with E-state index in [-0.39, 0.29) is 17.0 Å². The number of carbonyl (C=O) groups is 2. The van der Waals surface area contributed by atoms with Crippen LogP contribution in [0.1, 0.15) is 6.42 Å². The number of imide groups is 1. The molecular weight excluding hydrogens is 280 g/mol. The minimum atomic E-state index is -2.52. The highest BCUT2D eigenvalue weighted by Crippen LogP contribution is 1.87. The van der Waals surface area contributed by atoms with E-state index in [0.717, 1.165) is 0 Å². The smallest absolute Gasteiger partial charge is 0.314 e. The van der Waals surface area contributed by atoms with E-state index in [4.69, 9.17) is 0 Å². The molecule has 19 heavy (non-hydrogen) atoms. The van der Waals surface area contributed by atoms with E-state index in [2.05, 4.69) is 4.98 Å². The third-order valence-electron chi connectivity index (χ3n) is 1.71. The predicted octanol–water partition coefficient (Wildman–Crippen LogP) is -2.71. The van der Waals surface area contributed by atoms with Crippen LogP contribution in [0.5, 0.6) is 0 Å². The molecule has 0 atom stereocenters. The topological polar surface area (TPSA) is 158 Å². The first kappa shape index (κ1) is 14.4. The number of amides is 3. The molecule has 3 amide bonds. The molecular formula is C8H8N4O6S. The molecule has 0 aliphatic carbocycles. The Bertz CT molecular complexity index is 691. The third-order valence-corrected chi connectivity index (χ3v) is 2.36. The zero-order valence-electron chi connectivity index (χ0n) is 9.22. The molecule has 1 aromatic rings. The SMILES string of the molecule is O=C1CC(=S(=O)=O)NC(=O)N1.O=c1cc[nH]c(=O)[nH]1. The molecule has 2 rings (SSSR count). The maximum absolute atomic E-state index is 10.5. The number of aromatic nitrogens is 2. The van der Waals surface area contributed by atoms with Crippen LogP contribution in [0.15, 0.2) is 21.9 Å². The molecule has 1 aromatic heterocycles. The fourth-order valence-corrected chi connectivity index (χ4v) is 1.43. The molecule has 2 heterocycles. The number of aromatic amines is 2. The van der Waals surface area contributed by atoms with Crippen molar-refractivity contribution in [3.05, 3.63) is 33.1 Å². The van der Waals surface area contributed by atoms with Crippen molar-refractivity contribution in [1.29, 1.82) is 0 Å². The van der Waals surface area contributed by atoms with E-state index >= 15 is 0 Å². The van der Waals surface area contributed by atoms with Gasteiger partial charge in [-0.05, 0) is 0 Å². The van der Waals surface area contributed by atoms with Gasteiger partial charge in [-0.15, -0.1) is 0 Å². The fourth-order valence-electron chi connectivity index (χ4n) is 1.00. The summed E-state index contributed by atoms with van der Waals surface area (Å²) in [5.74, 6) is -0.618. The van der Waals surface area contributed by atoms with Gasteiger partial charge in [0.25, 0.3) is 5.56 Å². The Balaban J connectivity index is 0.000000200. The second-order valence-electron chi connectivity index (χ2n) is 3.13. The normalized spacial score (nSPS) is 13.8. The Kier molecular flexibility index (Phi) is 4.76. The van der Waals surface area contributed by atoms with Gasteiger partial charge in [-0.3, -0.25) is 25.2 Å². The van der Waals surface area contributed by atoms with Crippen molar-refractivity contribution in [2.45, 2.75) is 6.42 Å². The van der Waals surface area contributed by atoms with Gasteiger partial charge in [0, 0.05) is 12.3 Å². The lowest BCUT2D eigenvalue weighted by Crippen LogP contribution is -2.50. The highest BCUT2D eigenvalue weighted by molar-refractivity contribution is 7.73. The molecule has 0 bridgehead atoms. The molecule has 11 heteroatoms. The van der Waals surface area contributed by atoms with Gasteiger partial charge in [0.15, 0.2) is 4.99 Å². The van der Waals surface area contributed by atoms with Crippen LogP contribution in [0.4, 0.5) is 4.79 Å². The second-order valence-corrected chi connectivity index (χ2v) is 4.10. The van der Waals surface area contributed by atoms with Crippen LogP contribution in [-0.2, 0) is 15.1 Å². The average Bonchev–Trinajstić information content (AvgIpc) is 2.28. The highest BCUT2D eigenvalue weighted by atomic mass is 32.2. The lowest BCUT2D eigenvalue weighted by Gasteiger charge is -2.11. The lowest BCUT2D eigenvalue weighted by atomic mass is 10.3. The van der Waals surface area contributed by atoms with Gasteiger partial charge in [-0.1, -0.05) is 0 Å². The summed E-state index contributed by atoms with van der Waals surface area (Å²) in [6, 6.07) is 0.432. The Morgan fingerprint density at radius 1 is 1.05 bits per heavy atom. The minimum Gasteiger partial charge on any atom is -0.314 e. The zero-order chi connectivity index (χ0) is 14.4. The third kappa shape index (κ3) is 4.99. The van der Waals surface area contributed by atoms with Crippen molar-refractivity contribution < 1.29 is 18.0 Å². The summed E-state index contributed by atoms with van der Waals surface area (Å²) in [6.45, 7) is 0. The first-order valence-electron chi connectivity index (χ1n) is 4.72. The molecule has 4 N–H and O–H groups in total. The molecule has 0 radical (unpaired) electrons.